The molecular weight excluding hydrogens is 252 g/mol. The van der Waals surface area contributed by atoms with Gasteiger partial charge in [0, 0.05) is 63.7 Å². The van der Waals surface area contributed by atoms with Crippen LogP contribution in [0.15, 0.2) is 30.7 Å². The Labute approximate surface area is 119 Å². The molecule has 0 atom stereocenters. The monoisotopic (exact) mass is 274 g/mol. The summed E-state index contributed by atoms with van der Waals surface area (Å²) in [6.07, 6.45) is 7.98. The van der Waals surface area contributed by atoms with E-state index >= 15 is 0 Å². The molecule has 0 saturated carbocycles. The number of aryl methyl sites for hydroxylation is 3. The van der Waals surface area contributed by atoms with Gasteiger partial charge in [0.05, 0.1) is 0 Å². The van der Waals surface area contributed by atoms with Crippen molar-refractivity contribution in [2.24, 2.45) is 7.05 Å². The van der Waals surface area contributed by atoms with Crippen LogP contribution < -0.4 is 5.32 Å². The van der Waals surface area contributed by atoms with Crippen molar-refractivity contribution in [3.05, 3.63) is 42.2 Å². The summed E-state index contributed by atoms with van der Waals surface area (Å²) in [5.74, 6) is 1.12. The van der Waals surface area contributed by atoms with Gasteiger partial charge in [0.25, 0.3) is 0 Å². The second-order valence-corrected chi connectivity index (χ2v) is 4.85. The predicted molar refractivity (Wildman–Crippen MR) is 78.3 cm³/mol. The Balaban J connectivity index is 1.69. The lowest BCUT2D eigenvalue weighted by atomic mass is 10.3. The van der Waals surface area contributed by atoms with E-state index in [-0.39, 0.29) is 5.91 Å². The summed E-state index contributed by atoms with van der Waals surface area (Å²) in [5, 5.41) is 2.96. The largest absolute Gasteiger partial charge is 0.356 e. The van der Waals surface area contributed by atoms with Crippen LogP contribution >= 0.6 is 0 Å². The number of carbonyl (C=O) groups excluding carboxylic acids is 1. The topological polar surface area (TPSA) is 51.9 Å². The van der Waals surface area contributed by atoms with Gasteiger partial charge >= 0.3 is 0 Å². The minimum Gasteiger partial charge on any atom is -0.356 e. The van der Waals surface area contributed by atoms with E-state index in [2.05, 4.69) is 27.9 Å². The molecule has 5 nitrogen and oxygen atoms in total. The van der Waals surface area contributed by atoms with E-state index in [1.165, 1.54) is 5.69 Å². The van der Waals surface area contributed by atoms with Crippen molar-refractivity contribution in [1.82, 2.24) is 19.4 Å². The molecule has 0 fully saturated rings. The highest BCUT2D eigenvalue weighted by Crippen LogP contribution is 2.01. The number of carbonyl (C=O) groups is 1. The number of hydrogen-bond acceptors (Lipinski definition) is 2. The molecule has 1 amide bonds. The average molecular weight is 274 g/mol. The van der Waals surface area contributed by atoms with Gasteiger partial charge in [-0.05, 0) is 12.1 Å². The van der Waals surface area contributed by atoms with E-state index in [9.17, 15) is 4.79 Å². The third-order valence-corrected chi connectivity index (χ3v) is 3.45. The van der Waals surface area contributed by atoms with Crippen LogP contribution in [0.5, 0.6) is 0 Å². The molecule has 5 heteroatoms. The highest BCUT2D eigenvalue weighted by atomic mass is 16.1. The van der Waals surface area contributed by atoms with Crippen LogP contribution in [-0.4, -0.2) is 26.6 Å². The van der Waals surface area contributed by atoms with Gasteiger partial charge in [0.1, 0.15) is 5.82 Å². The van der Waals surface area contributed by atoms with E-state index in [1.807, 2.05) is 30.1 Å². The molecular formula is C15H22N4O. The van der Waals surface area contributed by atoms with Gasteiger partial charge in [-0.15, -0.1) is 0 Å². The molecule has 2 aromatic rings. The molecule has 0 bridgehead atoms. The van der Waals surface area contributed by atoms with E-state index in [0.29, 0.717) is 19.5 Å². The van der Waals surface area contributed by atoms with Gasteiger partial charge in [0.15, 0.2) is 0 Å². The maximum Gasteiger partial charge on any atom is 0.221 e. The highest BCUT2D eigenvalue weighted by Gasteiger charge is 2.05. The zero-order valence-electron chi connectivity index (χ0n) is 12.2. The number of aromatic nitrogens is 3. The number of nitrogens with zero attached hydrogens (tertiary/aromatic N) is 3. The van der Waals surface area contributed by atoms with E-state index in [4.69, 9.17) is 0 Å². The van der Waals surface area contributed by atoms with Crippen molar-refractivity contribution in [1.29, 1.82) is 0 Å². The Hall–Kier alpha value is -2.04. The fourth-order valence-corrected chi connectivity index (χ4v) is 2.25. The van der Waals surface area contributed by atoms with Crippen molar-refractivity contribution in [2.75, 3.05) is 6.54 Å². The first kappa shape index (κ1) is 14.4. The summed E-state index contributed by atoms with van der Waals surface area (Å²) in [4.78, 5) is 16.0. The van der Waals surface area contributed by atoms with Gasteiger partial charge < -0.3 is 14.5 Å². The van der Waals surface area contributed by atoms with E-state index in [1.54, 1.807) is 6.20 Å². The number of hydrogen-bond donors (Lipinski definition) is 1. The molecule has 0 aliphatic heterocycles. The third kappa shape index (κ3) is 3.73. The van der Waals surface area contributed by atoms with Gasteiger partial charge in [0.2, 0.25) is 5.91 Å². The number of imidazole rings is 1. The fraction of sp³-hybridized carbons (Fsp3) is 0.467. The zero-order chi connectivity index (χ0) is 14.4. The summed E-state index contributed by atoms with van der Waals surface area (Å²) in [6, 6.07) is 4.09. The van der Waals surface area contributed by atoms with Crippen molar-refractivity contribution in [3.63, 3.8) is 0 Å². The molecule has 1 N–H and O–H groups in total. The van der Waals surface area contributed by atoms with Crippen LogP contribution in [0.4, 0.5) is 0 Å². The standard InChI is InChI=1S/C15H22N4O/c1-3-14-16-9-12-19(14)11-7-15(20)17-8-6-13-5-4-10-18(13)2/h4-5,9-10,12H,3,6-8,11H2,1-2H3,(H,17,20). The molecule has 2 heterocycles. The van der Waals surface area contributed by atoms with Crippen LogP contribution in [-0.2, 0) is 31.2 Å². The average Bonchev–Trinajstić information content (AvgIpc) is 3.05. The summed E-state index contributed by atoms with van der Waals surface area (Å²) in [5.41, 5.74) is 1.23. The van der Waals surface area contributed by atoms with Crippen LogP contribution in [0.3, 0.4) is 0 Å². The Kier molecular flexibility index (Phi) is 4.98. The molecule has 0 radical (unpaired) electrons. The summed E-state index contributed by atoms with van der Waals surface area (Å²) in [7, 11) is 2.02. The predicted octanol–water partition coefficient (Wildman–Crippen LogP) is 1.53. The first-order valence-electron chi connectivity index (χ1n) is 7.07. The second kappa shape index (κ2) is 6.93. The number of rotatable bonds is 7. The van der Waals surface area contributed by atoms with Gasteiger partial charge in [-0.2, -0.15) is 0 Å². The maximum atomic E-state index is 11.8. The molecule has 108 valence electrons. The first-order chi connectivity index (χ1) is 9.70. The highest BCUT2D eigenvalue weighted by molar-refractivity contribution is 5.75. The minimum absolute atomic E-state index is 0.0926. The summed E-state index contributed by atoms with van der Waals surface area (Å²) < 4.78 is 4.11. The van der Waals surface area contributed by atoms with Gasteiger partial charge in [-0.1, -0.05) is 6.92 Å². The molecule has 0 aliphatic rings. The fourth-order valence-electron chi connectivity index (χ4n) is 2.25. The van der Waals surface area contributed by atoms with E-state index < -0.39 is 0 Å². The van der Waals surface area contributed by atoms with Gasteiger partial charge in [-0.25, -0.2) is 4.98 Å². The van der Waals surface area contributed by atoms with Crippen molar-refractivity contribution in [3.8, 4) is 0 Å². The lowest BCUT2D eigenvalue weighted by molar-refractivity contribution is -0.121. The summed E-state index contributed by atoms with van der Waals surface area (Å²) >= 11 is 0. The Morgan fingerprint density at radius 2 is 2.25 bits per heavy atom. The Bertz CT molecular complexity index is 556. The van der Waals surface area contributed by atoms with Crippen LogP contribution in [0.2, 0.25) is 0 Å². The lowest BCUT2D eigenvalue weighted by Crippen LogP contribution is -2.27. The normalized spacial score (nSPS) is 10.7. The SMILES string of the molecule is CCc1nccn1CCC(=O)NCCc1cccn1C. The molecule has 0 spiro atoms. The van der Waals surface area contributed by atoms with Crippen LogP contribution in [0, 0.1) is 0 Å². The molecule has 2 rings (SSSR count). The quantitative estimate of drug-likeness (QED) is 0.832. The van der Waals surface area contributed by atoms with Crippen molar-refractivity contribution < 1.29 is 4.79 Å². The molecule has 20 heavy (non-hydrogen) atoms. The maximum absolute atomic E-state index is 11.8. The van der Waals surface area contributed by atoms with Crippen LogP contribution in [0.25, 0.3) is 0 Å². The second-order valence-electron chi connectivity index (χ2n) is 4.85. The Morgan fingerprint density at radius 3 is 2.95 bits per heavy atom. The summed E-state index contributed by atoms with van der Waals surface area (Å²) in [6.45, 7) is 3.44. The zero-order valence-corrected chi connectivity index (χ0v) is 12.2. The molecule has 0 unspecified atom stereocenters. The van der Waals surface area contributed by atoms with Crippen molar-refractivity contribution in [2.45, 2.75) is 32.7 Å². The first-order valence-corrected chi connectivity index (χ1v) is 7.07. The third-order valence-electron chi connectivity index (χ3n) is 3.45. The molecule has 0 aromatic carbocycles. The Morgan fingerprint density at radius 1 is 1.40 bits per heavy atom. The van der Waals surface area contributed by atoms with Gasteiger partial charge in [-0.3, -0.25) is 4.79 Å². The van der Waals surface area contributed by atoms with Crippen molar-refractivity contribution >= 4 is 5.91 Å². The number of amides is 1. The van der Waals surface area contributed by atoms with Crippen LogP contribution in [0.1, 0.15) is 24.9 Å². The van der Waals surface area contributed by atoms with E-state index in [0.717, 1.165) is 18.7 Å². The lowest BCUT2D eigenvalue weighted by Gasteiger charge is -2.08. The molecule has 0 saturated heterocycles. The molecule has 2 aromatic heterocycles. The molecule has 0 aliphatic carbocycles. The smallest absolute Gasteiger partial charge is 0.221 e. The number of nitrogens with one attached hydrogen (secondary N) is 1. The minimum atomic E-state index is 0.0926.